The molecule has 0 radical (unpaired) electrons. The number of rotatable bonds is 9. The van der Waals surface area contributed by atoms with Gasteiger partial charge in [-0.1, -0.05) is 184 Å². The van der Waals surface area contributed by atoms with Gasteiger partial charge < -0.3 is 14.4 Å². The summed E-state index contributed by atoms with van der Waals surface area (Å²) >= 11 is 7.07. The summed E-state index contributed by atoms with van der Waals surface area (Å²) in [6, 6.07) is 42.8. The van der Waals surface area contributed by atoms with E-state index in [-0.39, 0.29) is 37.0 Å². The number of carbonyl (C=O) groups excluding carboxylic acids is 2. The quantitative estimate of drug-likeness (QED) is 0.110. The largest absolute Gasteiger partial charge is 0.448 e. The topological polar surface area (TPSA) is 55.8 Å². The minimum absolute atomic E-state index is 0.0382. The first-order valence-electron chi connectivity index (χ1n) is 21.8. The molecule has 0 bridgehead atoms. The van der Waals surface area contributed by atoms with E-state index in [9.17, 15) is 9.59 Å². The molecule has 300 valence electrons. The van der Waals surface area contributed by atoms with Gasteiger partial charge in [0.15, 0.2) is 5.60 Å². The monoisotopic (exact) mass is 793 g/mol. The van der Waals surface area contributed by atoms with Crippen molar-refractivity contribution in [1.29, 1.82) is 0 Å². The molecule has 1 saturated carbocycles. The maximum atomic E-state index is 14.6. The van der Waals surface area contributed by atoms with Crippen LogP contribution in [0.5, 0.6) is 0 Å². The van der Waals surface area contributed by atoms with Crippen LogP contribution in [-0.4, -0.2) is 36.2 Å². The molecule has 1 unspecified atom stereocenters. The molecule has 1 aliphatic heterocycles. The fourth-order valence-corrected chi connectivity index (χ4v) is 10.2. The number of amides is 1. The highest BCUT2D eigenvalue weighted by Gasteiger charge is 2.43. The van der Waals surface area contributed by atoms with E-state index in [4.69, 9.17) is 21.1 Å². The Labute approximate surface area is 349 Å². The van der Waals surface area contributed by atoms with Crippen LogP contribution >= 0.6 is 11.6 Å². The molecule has 8 rings (SSSR count). The van der Waals surface area contributed by atoms with E-state index >= 15 is 0 Å². The maximum absolute atomic E-state index is 14.6. The molecule has 3 aliphatic rings. The second-order valence-electron chi connectivity index (χ2n) is 16.6. The van der Waals surface area contributed by atoms with Crippen molar-refractivity contribution in [3.63, 3.8) is 0 Å². The Bertz CT molecular complexity index is 2090. The van der Waals surface area contributed by atoms with Crippen LogP contribution in [0.2, 0.25) is 5.02 Å². The van der Waals surface area contributed by atoms with Crippen molar-refractivity contribution in [1.82, 2.24) is 4.90 Å². The lowest BCUT2D eigenvalue weighted by atomic mass is 9.78. The molecular formula is C52H56ClNO4. The summed E-state index contributed by atoms with van der Waals surface area (Å²) in [6.07, 6.45) is 15.0. The van der Waals surface area contributed by atoms with Crippen molar-refractivity contribution in [3.05, 3.63) is 166 Å². The number of nitrogens with zero attached hydrogens (tertiary/aromatic N) is 1. The first-order chi connectivity index (χ1) is 28.5. The average molecular weight is 794 g/mol. The zero-order valence-electron chi connectivity index (χ0n) is 33.6. The highest BCUT2D eigenvalue weighted by molar-refractivity contribution is 6.31. The van der Waals surface area contributed by atoms with Gasteiger partial charge in [-0.2, -0.15) is 0 Å². The van der Waals surface area contributed by atoms with Gasteiger partial charge in [0.1, 0.15) is 6.61 Å². The maximum Gasteiger partial charge on any atom is 0.410 e. The zero-order chi connectivity index (χ0) is 39.7. The van der Waals surface area contributed by atoms with Crippen molar-refractivity contribution in [2.75, 3.05) is 13.2 Å². The molecule has 1 heterocycles. The van der Waals surface area contributed by atoms with E-state index in [2.05, 4.69) is 60.7 Å². The molecule has 2 atom stereocenters. The predicted octanol–water partition coefficient (Wildman–Crippen LogP) is 13.4. The molecular weight excluding hydrogens is 738 g/mol. The molecule has 5 aromatic rings. The summed E-state index contributed by atoms with van der Waals surface area (Å²) in [4.78, 5) is 30.3. The van der Waals surface area contributed by atoms with Gasteiger partial charge in [-0.05, 0) is 71.9 Å². The Morgan fingerprint density at radius 3 is 1.81 bits per heavy atom. The summed E-state index contributed by atoms with van der Waals surface area (Å²) in [5, 5.41) is 0.518. The summed E-state index contributed by atoms with van der Waals surface area (Å²) in [7, 11) is 0. The lowest BCUT2D eigenvalue weighted by Crippen LogP contribution is -2.46. The van der Waals surface area contributed by atoms with Crippen LogP contribution in [0.3, 0.4) is 0 Å². The normalized spacial score (nSPS) is 18.9. The van der Waals surface area contributed by atoms with Crippen molar-refractivity contribution < 1.29 is 19.1 Å². The van der Waals surface area contributed by atoms with Crippen LogP contribution in [-0.2, 0) is 19.9 Å². The summed E-state index contributed by atoms with van der Waals surface area (Å²) < 4.78 is 13.0. The third-order valence-electron chi connectivity index (χ3n) is 12.9. The number of piperidine rings is 1. The van der Waals surface area contributed by atoms with Crippen LogP contribution in [0.4, 0.5) is 4.79 Å². The predicted molar refractivity (Wildman–Crippen MR) is 233 cm³/mol. The second kappa shape index (κ2) is 18.8. The van der Waals surface area contributed by atoms with Gasteiger partial charge in [0, 0.05) is 40.2 Å². The van der Waals surface area contributed by atoms with Crippen molar-refractivity contribution in [3.8, 4) is 11.1 Å². The number of fused-ring (bicyclic) bond motifs is 3. The van der Waals surface area contributed by atoms with Crippen LogP contribution in [0.25, 0.3) is 11.1 Å². The first kappa shape index (κ1) is 39.9. The van der Waals surface area contributed by atoms with Gasteiger partial charge in [0.2, 0.25) is 0 Å². The van der Waals surface area contributed by atoms with E-state index < -0.39 is 5.60 Å². The molecule has 5 aromatic carbocycles. The van der Waals surface area contributed by atoms with E-state index in [1.165, 1.54) is 92.0 Å². The van der Waals surface area contributed by atoms with Gasteiger partial charge in [-0.3, -0.25) is 4.79 Å². The van der Waals surface area contributed by atoms with Crippen LogP contribution < -0.4 is 0 Å². The summed E-state index contributed by atoms with van der Waals surface area (Å²) in [5.41, 5.74) is 7.12. The van der Waals surface area contributed by atoms with Crippen LogP contribution in [0.1, 0.15) is 135 Å². The van der Waals surface area contributed by atoms with Gasteiger partial charge >= 0.3 is 12.1 Å². The summed E-state index contributed by atoms with van der Waals surface area (Å²) in [5.74, 6) is 0.0830. The molecule has 0 spiro atoms. The molecule has 0 aromatic heterocycles. The third kappa shape index (κ3) is 8.61. The molecule has 1 amide bonds. The number of carbonyl (C=O) groups is 2. The summed E-state index contributed by atoms with van der Waals surface area (Å²) in [6.45, 7) is 0.770. The third-order valence-corrected chi connectivity index (χ3v) is 13.3. The Kier molecular flexibility index (Phi) is 12.9. The number of halogens is 1. The van der Waals surface area contributed by atoms with Crippen LogP contribution in [0.15, 0.2) is 127 Å². The van der Waals surface area contributed by atoms with E-state index in [1.54, 1.807) is 4.90 Å². The Morgan fingerprint density at radius 2 is 1.16 bits per heavy atom. The minimum Gasteiger partial charge on any atom is -0.448 e. The van der Waals surface area contributed by atoms with E-state index in [1.807, 2.05) is 66.7 Å². The number of likely N-dealkylation sites (tertiary alicyclic amines) is 1. The Balaban J connectivity index is 1.05. The first-order valence-corrected chi connectivity index (χ1v) is 22.1. The molecule has 5 nitrogen and oxygen atoms in total. The van der Waals surface area contributed by atoms with Gasteiger partial charge in [-0.15, -0.1) is 0 Å². The lowest BCUT2D eigenvalue weighted by molar-refractivity contribution is -0.155. The number of hydrogen-bond acceptors (Lipinski definition) is 4. The van der Waals surface area contributed by atoms with Crippen LogP contribution in [0, 0.1) is 0 Å². The van der Waals surface area contributed by atoms with E-state index in [0.717, 1.165) is 24.0 Å². The number of esters is 1. The smallest absolute Gasteiger partial charge is 0.410 e. The standard InChI is InChI=1S/C52H56ClNO4/c53-49-30-17-16-29-48(49)52(40-22-10-7-11-23-40,41-33-31-39(32-34-41)38-20-8-5-3-1-2-4-6-9-21-38)58-50(55)36-42-24-18-19-35-54(42)51(56)57-37-47-45-27-14-12-25-43(45)44-26-13-15-28-46(44)47/h7,10-17,22-23,25-34,38,42,47H,1-6,8-9,18-21,24,35-37H2/t42-,52?/m1/s1. The van der Waals surface area contributed by atoms with Crippen molar-refractivity contribution >= 4 is 23.7 Å². The minimum atomic E-state index is -1.31. The van der Waals surface area contributed by atoms with Gasteiger partial charge in [0.05, 0.1) is 6.42 Å². The number of ether oxygens (including phenoxy) is 2. The number of hydrogen-bond donors (Lipinski definition) is 0. The molecule has 0 N–H and O–H groups in total. The molecule has 6 heteroatoms. The lowest BCUT2D eigenvalue weighted by Gasteiger charge is -2.38. The van der Waals surface area contributed by atoms with Crippen molar-refractivity contribution in [2.45, 2.75) is 113 Å². The fourth-order valence-electron chi connectivity index (χ4n) is 9.91. The average Bonchev–Trinajstić information content (AvgIpc) is 3.55. The highest BCUT2D eigenvalue weighted by Crippen LogP contribution is 2.46. The molecule has 2 aliphatic carbocycles. The fraction of sp³-hybridized carbons (Fsp3) is 0.385. The van der Waals surface area contributed by atoms with Gasteiger partial charge in [-0.25, -0.2) is 4.79 Å². The molecule has 58 heavy (non-hydrogen) atoms. The molecule has 1 saturated heterocycles. The zero-order valence-corrected chi connectivity index (χ0v) is 34.4. The number of benzene rings is 5. The van der Waals surface area contributed by atoms with E-state index in [0.29, 0.717) is 29.5 Å². The van der Waals surface area contributed by atoms with Gasteiger partial charge in [0.25, 0.3) is 0 Å². The SMILES string of the molecule is O=C(C[C@H]1CCCCN1C(=O)OCC1c2ccccc2-c2ccccc21)OC(c1ccccc1)(c1ccc(C2CCCCCCCCCC2)cc1)c1ccccc1Cl. The van der Waals surface area contributed by atoms with Crippen molar-refractivity contribution in [2.24, 2.45) is 0 Å². The Morgan fingerprint density at radius 1 is 0.603 bits per heavy atom. The Hall–Kier alpha value is -4.87. The highest BCUT2D eigenvalue weighted by atomic mass is 35.5. The molecule has 2 fully saturated rings. The second-order valence-corrected chi connectivity index (χ2v) is 17.0.